The minimum Gasteiger partial charge on any atom is -0.481 e. The molecule has 3 N–H and O–H groups in total. The molecule has 0 heterocycles. The second kappa shape index (κ2) is 6.72. The van der Waals surface area contributed by atoms with Gasteiger partial charge in [0.1, 0.15) is 0 Å². The van der Waals surface area contributed by atoms with Gasteiger partial charge in [-0.3, -0.25) is 9.59 Å². The molecule has 0 spiro atoms. The largest absolute Gasteiger partial charge is 0.481 e. The number of halogens is 2. The summed E-state index contributed by atoms with van der Waals surface area (Å²) in [6.07, 6.45) is -1.55. The Morgan fingerprint density at radius 3 is 2.72 bits per heavy atom. The van der Waals surface area contributed by atoms with Gasteiger partial charge in [0.25, 0.3) is 5.91 Å². The van der Waals surface area contributed by atoms with E-state index >= 15 is 0 Å². The zero-order chi connectivity index (χ0) is 13.7. The van der Waals surface area contributed by atoms with E-state index in [1.54, 1.807) is 18.2 Å². The smallest absolute Gasteiger partial charge is 0.306 e. The van der Waals surface area contributed by atoms with E-state index in [1.165, 1.54) is 0 Å². The minimum atomic E-state index is -1.13. The molecular weight excluding hydrogens is 325 g/mol. The first-order valence-electron chi connectivity index (χ1n) is 5.03. The lowest BCUT2D eigenvalue weighted by atomic mass is 10.2. The van der Waals surface area contributed by atoms with Gasteiger partial charge in [-0.25, -0.2) is 0 Å². The van der Waals surface area contributed by atoms with E-state index in [2.05, 4.69) is 21.2 Å². The molecule has 0 saturated heterocycles. The second-order valence-electron chi connectivity index (χ2n) is 3.59. The molecule has 0 aliphatic carbocycles. The molecule has 0 saturated carbocycles. The lowest BCUT2D eigenvalue weighted by molar-refractivity contribution is -0.139. The number of amides is 1. The van der Waals surface area contributed by atoms with Crippen LogP contribution in [-0.4, -0.2) is 34.7 Å². The normalized spacial score (nSPS) is 11.9. The van der Waals surface area contributed by atoms with Gasteiger partial charge in [-0.2, -0.15) is 0 Å². The van der Waals surface area contributed by atoms with Crippen molar-refractivity contribution in [1.82, 2.24) is 5.32 Å². The van der Waals surface area contributed by atoms with Crippen LogP contribution in [0.25, 0.3) is 0 Å². The predicted molar refractivity (Wildman–Crippen MR) is 69.7 cm³/mol. The number of aliphatic carboxylic acids is 1. The van der Waals surface area contributed by atoms with Crippen LogP contribution in [-0.2, 0) is 4.79 Å². The zero-order valence-electron chi connectivity index (χ0n) is 9.19. The van der Waals surface area contributed by atoms with Gasteiger partial charge in [0, 0.05) is 11.0 Å². The van der Waals surface area contributed by atoms with Crippen molar-refractivity contribution in [3.63, 3.8) is 0 Å². The van der Waals surface area contributed by atoms with E-state index < -0.39 is 24.4 Å². The first-order valence-corrected chi connectivity index (χ1v) is 6.20. The summed E-state index contributed by atoms with van der Waals surface area (Å²) in [6, 6.07) is 4.80. The molecule has 0 radical (unpaired) electrons. The number of hydrogen-bond donors (Lipinski definition) is 3. The van der Waals surface area contributed by atoms with Gasteiger partial charge in [-0.15, -0.1) is 0 Å². The molecule has 0 aliphatic rings. The van der Waals surface area contributed by atoms with Crippen molar-refractivity contribution in [3.05, 3.63) is 33.3 Å². The first kappa shape index (κ1) is 14.9. The third-order valence-electron chi connectivity index (χ3n) is 2.08. The second-order valence-corrected chi connectivity index (χ2v) is 4.91. The Hall–Kier alpha value is -1.11. The van der Waals surface area contributed by atoms with Crippen LogP contribution in [0.1, 0.15) is 16.8 Å². The van der Waals surface area contributed by atoms with Crippen LogP contribution in [0, 0.1) is 0 Å². The molecule has 0 aromatic heterocycles. The quantitative estimate of drug-likeness (QED) is 0.763. The van der Waals surface area contributed by atoms with Crippen LogP contribution < -0.4 is 5.32 Å². The lowest BCUT2D eigenvalue weighted by Gasteiger charge is -2.10. The van der Waals surface area contributed by atoms with Gasteiger partial charge in [-0.1, -0.05) is 27.5 Å². The molecule has 1 atom stereocenters. The van der Waals surface area contributed by atoms with Crippen LogP contribution in [0.5, 0.6) is 0 Å². The van der Waals surface area contributed by atoms with E-state index in [4.69, 9.17) is 16.7 Å². The average Bonchev–Trinajstić information content (AvgIpc) is 2.28. The van der Waals surface area contributed by atoms with Crippen molar-refractivity contribution >= 4 is 39.4 Å². The zero-order valence-corrected chi connectivity index (χ0v) is 11.5. The van der Waals surface area contributed by atoms with Crippen LogP contribution in [0.15, 0.2) is 22.7 Å². The van der Waals surface area contributed by atoms with Crippen molar-refractivity contribution < 1.29 is 19.8 Å². The van der Waals surface area contributed by atoms with E-state index in [9.17, 15) is 14.7 Å². The summed E-state index contributed by atoms with van der Waals surface area (Å²) in [5.74, 6) is -1.59. The molecule has 1 amide bonds. The summed E-state index contributed by atoms with van der Waals surface area (Å²) < 4.78 is 0.697. The molecule has 7 heteroatoms. The highest BCUT2D eigenvalue weighted by atomic mass is 79.9. The molecule has 1 rings (SSSR count). The number of carboxylic acid groups (broad SMARTS) is 1. The van der Waals surface area contributed by atoms with Crippen LogP contribution in [0.3, 0.4) is 0 Å². The standard InChI is InChI=1S/C11H11BrClNO4/c12-6-1-2-9(13)8(3-6)11(18)14-5-7(15)4-10(16)17/h1-3,7,15H,4-5H2,(H,14,18)(H,16,17). The lowest BCUT2D eigenvalue weighted by Crippen LogP contribution is -2.33. The number of aliphatic hydroxyl groups is 1. The van der Waals surface area contributed by atoms with Gasteiger partial charge in [0.05, 0.1) is 23.1 Å². The number of carbonyl (C=O) groups excluding carboxylic acids is 1. The number of hydrogen-bond acceptors (Lipinski definition) is 3. The number of carboxylic acids is 1. The average molecular weight is 337 g/mol. The first-order chi connectivity index (χ1) is 8.40. The highest BCUT2D eigenvalue weighted by Crippen LogP contribution is 2.20. The van der Waals surface area contributed by atoms with E-state index in [0.29, 0.717) is 4.47 Å². The van der Waals surface area contributed by atoms with Gasteiger partial charge >= 0.3 is 5.97 Å². The summed E-state index contributed by atoms with van der Waals surface area (Å²) in [5.41, 5.74) is 0.258. The summed E-state index contributed by atoms with van der Waals surface area (Å²) in [7, 11) is 0. The highest BCUT2D eigenvalue weighted by molar-refractivity contribution is 9.10. The molecule has 1 aromatic rings. The maximum Gasteiger partial charge on any atom is 0.306 e. The van der Waals surface area contributed by atoms with Gasteiger partial charge in [0.15, 0.2) is 0 Å². The molecule has 0 aliphatic heterocycles. The third kappa shape index (κ3) is 4.64. The maximum atomic E-state index is 11.7. The Morgan fingerprint density at radius 2 is 2.11 bits per heavy atom. The summed E-state index contributed by atoms with van der Waals surface area (Å²) >= 11 is 9.06. The molecule has 0 fully saturated rings. The molecule has 98 valence electrons. The van der Waals surface area contributed by atoms with Crippen molar-refractivity contribution in [2.24, 2.45) is 0 Å². The van der Waals surface area contributed by atoms with Gasteiger partial charge in [-0.05, 0) is 18.2 Å². The fourth-order valence-corrected chi connectivity index (χ4v) is 1.82. The van der Waals surface area contributed by atoms with Crippen molar-refractivity contribution in [3.8, 4) is 0 Å². The van der Waals surface area contributed by atoms with E-state index in [1.807, 2.05) is 0 Å². The molecule has 1 unspecified atom stereocenters. The number of aliphatic hydroxyl groups excluding tert-OH is 1. The highest BCUT2D eigenvalue weighted by Gasteiger charge is 2.14. The summed E-state index contributed by atoms with van der Waals surface area (Å²) in [4.78, 5) is 22.1. The number of nitrogens with one attached hydrogen (secondary N) is 1. The Morgan fingerprint density at radius 1 is 1.44 bits per heavy atom. The molecule has 18 heavy (non-hydrogen) atoms. The Kier molecular flexibility index (Phi) is 5.58. The summed E-state index contributed by atoms with van der Waals surface area (Å²) in [6.45, 7) is -0.145. The van der Waals surface area contributed by atoms with Crippen LogP contribution >= 0.6 is 27.5 Å². The topological polar surface area (TPSA) is 86.6 Å². The fraction of sp³-hybridized carbons (Fsp3) is 0.273. The summed E-state index contributed by atoms with van der Waals surface area (Å²) in [5, 5.41) is 20.4. The monoisotopic (exact) mass is 335 g/mol. The Labute approximate surface area is 117 Å². The predicted octanol–water partition coefficient (Wildman–Crippen LogP) is 1.67. The Balaban J connectivity index is 2.60. The molecular formula is C11H11BrClNO4. The van der Waals surface area contributed by atoms with Crippen LogP contribution in [0.2, 0.25) is 5.02 Å². The van der Waals surface area contributed by atoms with E-state index in [-0.39, 0.29) is 17.1 Å². The van der Waals surface area contributed by atoms with Crippen LogP contribution in [0.4, 0.5) is 0 Å². The van der Waals surface area contributed by atoms with Crippen molar-refractivity contribution in [2.75, 3.05) is 6.54 Å². The number of carbonyl (C=O) groups is 2. The molecule has 1 aromatic carbocycles. The Bertz CT molecular complexity index is 466. The van der Waals surface area contributed by atoms with E-state index in [0.717, 1.165) is 0 Å². The molecule has 0 bridgehead atoms. The number of rotatable bonds is 5. The fourth-order valence-electron chi connectivity index (χ4n) is 1.25. The third-order valence-corrected chi connectivity index (χ3v) is 2.90. The van der Waals surface area contributed by atoms with Gasteiger partial charge < -0.3 is 15.5 Å². The maximum absolute atomic E-state index is 11.7. The number of benzene rings is 1. The SMILES string of the molecule is O=C(O)CC(O)CNC(=O)c1cc(Br)ccc1Cl. The minimum absolute atomic E-state index is 0.145. The molecule has 5 nitrogen and oxygen atoms in total. The van der Waals surface area contributed by atoms with Gasteiger partial charge in [0.2, 0.25) is 0 Å². The van der Waals surface area contributed by atoms with Crippen molar-refractivity contribution in [2.45, 2.75) is 12.5 Å². The van der Waals surface area contributed by atoms with Crippen molar-refractivity contribution in [1.29, 1.82) is 0 Å².